The van der Waals surface area contributed by atoms with Crippen LogP contribution in [-0.2, 0) is 28.3 Å². The van der Waals surface area contributed by atoms with E-state index in [0.29, 0.717) is 38.3 Å². The van der Waals surface area contributed by atoms with E-state index in [1.165, 1.54) is 29.4 Å². The van der Waals surface area contributed by atoms with Crippen LogP contribution in [0.15, 0.2) is 47.5 Å². The summed E-state index contributed by atoms with van der Waals surface area (Å²) >= 11 is 0. The van der Waals surface area contributed by atoms with Crippen LogP contribution in [0.1, 0.15) is 28.9 Å². The van der Waals surface area contributed by atoms with Gasteiger partial charge < -0.3 is 14.4 Å². The van der Waals surface area contributed by atoms with Crippen molar-refractivity contribution in [2.75, 3.05) is 33.2 Å². The van der Waals surface area contributed by atoms with Gasteiger partial charge in [0.15, 0.2) is 0 Å². The van der Waals surface area contributed by atoms with E-state index in [-0.39, 0.29) is 16.7 Å². The van der Waals surface area contributed by atoms with E-state index < -0.39 is 10.0 Å². The van der Waals surface area contributed by atoms with Gasteiger partial charge in [-0.25, -0.2) is 13.1 Å². The highest BCUT2D eigenvalue weighted by molar-refractivity contribution is 7.89. The molecule has 2 heterocycles. The van der Waals surface area contributed by atoms with Gasteiger partial charge in [-0.3, -0.25) is 9.59 Å². The number of benzene rings is 1. The SMILES string of the molecule is CNS(=O)(=O)c1cc(C(=O)N2CCN(C(=O)CCCc3ccccc3)CC2)n(C)c1. The smallest absolute Gasteiger partial charge is 0.270 e. The molecule has 1 aliphatic heterocycles. The molecule has 3 rings (SSSR count). The van der Waals surface area contributed by atoms with Crippen LogP contribution in [0.5, 0.6) is 0 Å². The lowest BCUT2D eigenvalue weighted by Crippen LogP contribution is -2.50. The number of piperazine rings is 1. The van der Waals surface area contributed by atoms with Gasteiger partial charge in [0.1, 0.15) is 10.6 Å². The molecule has 1 aliphatic rings. The lowest BCUT2D eigenvalue weighted by Gasteiger charge is -2.35. The molecular formula is C21H28N4O4S. The van der Waals surface area contributed by atoms with Gasteiger partial charge in [-0.1, -0.05) is 30.3 Å². The fraction of sp³-hybridized carbons (Fsp3) is 0.429. The highest BCUT2D eigenvalue weighted by Crippen LogP contribution is 2.16. The summed E-state index contributed by atoms with van der Waals surface area (Å²) in [5.74, 6) is -0.120. The molecule has 2 amide bonds. The van der Waals surface area contributed by atoms with Crippen molar-refractivity contribution in [3.8, 4) is 0 Å². The number of carbonyl (C=O) groups is 2. The van der Waals surface area contributed by atoms with Crippen molar-refractivity contribution >= 4 is 21.8 Å². The highest BCUT2D eigenvalue weighted by atomic mass is 32.2. The van der Waals surface area contributed by atoms with Gasteiger partial charge in [-0.05, 0) is 31.5 Å². The second-order valence-electron chi connectivity index (χ2n) is 7.39. The maximum absolute atomic E-state index is 12.8. The lowest BCUT2D eigenvalue weighted by molar-refractivity contribution is -0.132. The first-order valence-corrected chi connectivity index (χ1v) is 11.5. The van der Waals surface area contributed by atoms with Crippen LogP contribution in [0.2, 0.25) is 0 Å². The summed E-state index contributed by atoms with van der Waals surface area (Å²) in [6, 6.07) is 11.5. The average Bonchev–Trinajstić information content (AvgIpc) is 3.16. The second-order valence-corrected chi connectivity index (χ2v) is 9.28. The number of amides is 2. The molecule has 0 unspecified atom stereocenters. The van der Waals surface area contributed by atoms with Crippen molar-refractivity contribution in [3.63, 3.8) is 0 Å². The standard InChI is InChI=1S/C21H28N4O4S/c1-22-30(28,29)18-15-19(23(2)16-18)21(27)25-13-11-24(12-14-25)20(26)10-6-9-17-7-4-3-5-8-17/h3-5,7-8,15-16,22H,6,9-14H2,1-2H3. The van der Waals surface area contributed by atoms with Crippen LogP contribution in [0, 0.1) is 0 Å². The normalized spacial score (nSPS) is 14.7. The number of rotatable bonds is 7. The molecule has 162 valence electrons. The van der Waals surface area contributed by atoms with Gasteiger partial charge in [-0.2, -0.15) is 0 Å². The predicted molar refractivity (Wildman–Crippen MR) is 114 cm³/mol. The third-order valence-electron chi connectivity index (χ3n) is 5.40. The molecule has 0 atom stereocenters. The molecule has 1 fully saturated rings. The van der Waals surface area contributed by atoms with Crippen molar-refractivity contribution in [1.29, 1.82) is 0 Å². The first kappa shape index (κ1) is 22.0. The molecule has 8 nitrogen and oxygen atoms in total. The molecule has 0 radical (unpaired) electrons. The molecule has 0 aliphatic carbocycles. The number of sulfonamides is 1. The van der Waals surface area contributed by atoms with E-state index in [1.54, 1.807) is 16.8 Å². The topological polar surface area (TPSA) is 91.7 Å². The Labute approximate surface area is 177 Å². The van der Waals surface area contributed by atoms with E-state index in [4.69, 9.17) is 0 Å². The third kappa shape index (κ3) is 5.09. The van der Waals surface area contributed by atoms with Crippen LogP contribution in [-0.4, -0.2) is 67.8 Å². The van der Waals surface area contributed by atoms with Crippen molar-refractivity contribution in [3.05, 3.63) is 53.9 Å². The van der Waals surface area contributed by atoms with Gasteiger partial charge >= 0.3 is 0 Å². The number of carbonyl (C=O) groups excluding carboxylic acids is 2. The first-order chi connectivity index (χ1) is 14.3. The number of nitrogens with one attached hydrogen (secondary N) is 1. The number of aromatic nitrogens is 1. The molecule has 1 aromatic heterocycles. The van der Waals surface area contributed by atoms with Gasteiger partial charge in [0.05, 0.1) is 0 Å². The Morgan fingerprint density at radius 2 is 1.67 bits per heavy atom. The van der Waals surface area contributed by atoms with E-state index in [2.05, 4.69) is 16.9 Å². The third-order valence-corrected chi connectivity index (χ3v) is 6.78. The summed E-state index contributed by atoms with van der Waals surface area (Å²) in [4.78, 5) is 28.8. The molecule has 30 heavy (non-hydrogen) atoms. The average molecular weight is 433 g/mol. The number of nitrogens with zero attached hydrogens (tertiary/aromatic N) is 3. The number of hydrogen-bond acceptors (Lipinski definition) is 4. The zero-order valence-electron chi connectivity index (χ0n) is 17.4. The fourth-order valence-electron chi connectivity index (χ4n) is 3.58. The summed E-state index contributed by atoms with van der Waals surface area (Å²) in [6.45, 7) is 1.84. The lowest BCUT2D eigenvalue weighted by atomic mass is 10.1. The Balaban J connectivity index is 1.51. The Kier molecular flexibility index (Phi) is 6.94. The summed E-state index contributed by atoms with van der Waals surface area (Å²) in [7, 11) is -0.627. The molecule has 1 aromatic carbocycles. The minimum absolute atomic E-state index is 0.0584. The van der Waals surface area contributed by atoms with Crippen LogP contribution in [0.25, 0.3) is 0 Å². The monoisotopic (exact) mass is 432 g/mol. The van der Waals surface area contributed by atoms with Gasteiger partial charge in [0, 0.05) is 45.8 Å². The zero-order valence-corrected chi connectivity index (χ0v) is 18.2. The van der Waals surface area contributed by atoms with Crippen molar-refractivity contribution in [1.82, 2.24) is 19.1 Å². The van der Waals surface area contributed by atoms with Crippen molar-refractivity contribution < 1.29 is 18.0 Å². The van der Waals surface area contributed by atoms with Gasteiger partial charge in [-0.15, -0.1) is 0 Å². The van der Waals surface area contributed by atoms with Crippen molar-refractivity contribution in [2.24, 2.45) is 7.05 Å². The van der Waals surface area contributed by atoms with E-state index in [1.807, 2.05) is 18.2 Å². The second kappa shape index (κ2) is 9.44. The predicted octanol–water partition coefficient (Wildman–Crippen LogP) is 1.24. The summed E-state index contributed by atoms with van der Waals surface area (Å²) < 4.78 is 27.7. The number of aryl methyl sites for hydroxylation is 2. The van der Waals surface area contributed by atoms with E-state index in [9.17, 15) is 18.0 Å². The molecule has 1 saturated heterocycles. The van der Waals surface area contributed by atoms with Gasteiger partial charge in [0.25, 0.3) is 5.91 Å². The van der Waals surface area contributed by atoms with Crippen LogP contribution in [0.4, 0.5) is 0 Å². The molecule has 0 bridgehead atoms. The fourth-order valence-corrected chi connectivity index (χ4v) is 4.38. The maximum Gasteiger partial charge on any atom is 0.270 e. The number of hydrogen-bond donors (Lipinski definition) is 1. The molecule has 1 N–H and O–H groups in total. The highest BCUT2D eigenvalue weighted by Gasteiger charge is 2.27. The Morgan fingerprint density at radius 1 is 1.03 bits per heavy atom. The van der Waals surface area contributed by atoms with E-state index in [0.717, 1.165) is 12.8 Å². The first-order valence-electron chi connectivity index (χ1n) is 10.0. The molecule has 0 spiro atoms. The summed E-state index contributed by atoms with van der Waals surface area (Å²) in [6.07, 6.45) is 3.59. The molecule has 9 heteroatoms. The maximum atomic E-state index is 12.8. The minimum atomic E-state index is -3.61. The minimum Gasteiger partial charge on any atom is -0.345 e. The van der Waals surface area contributed by atoms with Crippen LogP contribution < -0.4 is 4.72 Å². The Hall–Kier alpha value is -2.65. The molecule has 0 saturated carbocycles. The summed E-state index contributed by atoms with van der Waals surface area (Å²) in [5.41, 5.74) is 1.54. The van der Waals surface area contributed by atoms with Crippen LogP contribution in [0.3, 0.4) is 0 Å². The van der Waals surface area contributed by atoms with Crippen molar-refractivity contribution in [2.45, 2.75) is 24.2 Å². The largest absolute Gasteiger partial charge is 0.345 e. The van der Waals surface area contributed by atoms with Crippen LogP contribution >= 0.6 is 0 Å². The van der Waals surface area contributed by atoms with Gasteiger partial charge in [0.2, 0.25) is 15.9 Å². The zero-order chi connectivity index (χ0) is 21.7. The van der Waals surface area contributed by atoms with E-state index >= 15 is 0 Å². The summed E-state index contributed by atoms with van der Waals surface area (Å²) in [5, 5.41) is 0. The Bertz CT molecular complexity index is 993. The molecular weight excluding hydrogens is 404 g/mol. The Morgan fingerprint density at radius 3 is 2.30 bits per heavy atom. The molecule has 2 aromatic rings. The quantitative estimate of drug-likeness (QED) is 0.713.